The molecule has 4 heteroatoms. The number of phenolic OH excluding ortho intramolecular Hbond substituents is 1. The van der Waals surface area contributed by atoms with Crippen LogP contribution in [-0.4, -0.2) is 11.7 Å². The van der Waals surface area contributed by atoms with Gasteiger partial charge in [0, 0.05) is 6.54 Å². The van der Waals surface area contributed by atoms with Gasteiger partial charge in [-0.05, 0) is 64.3 Å². The molecule has 2 N–H and O–H groups in total. The van der Waals surface area contributed by atoms with E-state index in [1.807, 2.05) is 18.2 Å². The Bertz CT molecular complexity index is 587. The summed E-state index contributed by atoms with van der Waals surface area (Å²) in [6, 6.07) is 13.2. The lowest BCUT2D eigenvalue weighted by Crippen LogP contribution is -2.13. The molecule has 0 aliphatic rings. The topological polar surface area (TPSA) is 41.5 Å². The molecule has 3 nitrogen and oxygen atoms in total. The van der Waals surface area contributed by atoms with Crippen LogP contribution in [0.4, 0.5) is 0 Å². The summed E-state index contributed by atoms with van der Waals surface area (Å²) in [5.74, 6) is 1.06. The van der Waals surface area contributed by atoms with E-state index >= 15 is 0 Å². The predicted octanol–water partition coefficient (Wildman–Crippen LogP) is 4.23. The van der Waals surface area contributed by atoms with Crippen molar-refractivity contribution in [3.05, 3.63) is 58.1 Å². The zero-order valence-corrected chi connectivity index (χ0v) is 13.7. The summed E-state index contributed by atoms with van der Waals surface area (Å²) in [6.07, 6.45) is 1.13. The summed E-state index contributed by atoms with van der Waals surface area (Å²) in [4.78, 5) is 0. The fraction of sp³-hybridized carbons (Fsp3) is 0.294. The van der Waals surface area contributed by atoms with Gasteiger partial charge in [-0.1, -0.05) is 25.1 Å². The van der Waals surface area contributed by atoms with E-state index in [0.29, 0.717) is 6.61 Å². The number of hydrogen-bond donors (Lipinski definition) is 2. The Hall–Kier alpha value is -1.52. The zero-order valence-electron chi connectivity index (χ0n) is 12.1. The Kier molecular flexibility index (Phi) is 6.08. The molecule has 2 aromatic carbocycles. The van der Waals surface area contributed by atoms with Crippen LogP contribution in [0.3, 0.4) is 0 Å². The Morgan fingerprint density at radius 3 is 2.71 bits per heavy atom. The first-order valence-electron chi connectivity index (χ1n) is 7.09. The van der Waals surface area contributed by atoms with Crippen LogP contribution in [0.5, 0.6) is 11.5 Å². The van der Waals surface area contributed by atoms with Crippen LogP contribution in [-0.2, 0) is 13.2 Å². The minimum absolute atomic E-state index is 0.257. The van der Waals surface area contributed by atoms with Crippen LogP contribution in [0.1, 0.15) is 24.5 Å². The number of halogens is 1. The summed E-state index contributed by atoms with van der Waals surface area (Å²) in [7, 11) is 0. The van der Waals surface area contributed by atoms with Crippen LogP contribution >= 0.6 is 15.9 Å². The van der Waals surface area contributed by atoms with Crippen LogP contribution in [0.15, 0.2) is 46.9 Å². The minimum atomic E-state index is 0.257. The summed E-state index contributed by atoms with van der Waals surface area (Å²) in [5, 5.41) is 12.8. The van der Waals surface area contributed by atoms with Crippen LogP contribution in [0, 0.1) is 0 Å². The van der Waals surface area contributed by atoms with Crippen molar-refractivity contribution in [3.63, 3.8) is 0 Å². The molecule has 0 fully saturated rings. The van der Waals surface area contributed by atoms with Crippen LogP contribution in [0.25, 0.3) is 0 Å². The molecule has 0 saturated carbocycles. The van der Waals surface area contributed by atoms with E-state index in [1.54, 1.807) is 12.1 Å². The van der Waals surface area contributed by atoms with Crippen LogP contribution in [0.2, 0.25) is 0 Å². The van der Waals surface area contributed by atoms with Crippen LogP contribution < -0.4 is 10.1 Å². The van der Waals surface area contributed by atoms with E-state index in [1.165, 1.54) is 5.56 Å². The fourth-order valence-electron chi connectivity index (χ4n) is 1.99. The molecule has 0 radical (unpaired) electrons. The molecule has 0 amide bonds. The van der Waals surface area contributed by atoms with Gasteiger partial charge in [0.15, 0.2) is 0 Å². The lowest BCUT2D eigenvalue weighted by molar-refractivity contribution is 0.303. The predicted molar refractivity (Wildman–Crippen MR) is 88.6 cm³/mol. The number of rotatable bonds is 7. The number of nitrogens with one attached hydrogen (secondary N) is 1. The van der Waals surface area contributed by atoms with Gasteiger partial charge >= 0.3 is 0 Å². The van der Waals surface area contributed by atoms with E-state index in [4.69, 9.17) is 4.74 Å². The number of hydrogen-bond acceptors (Lipinski definition) is 3. The van der Waals surface area contributed by atoms with Gasteiger partial charge in [0.2, 0.25) is 0 Å². The maximum atomic E-state index is 9.43. The Morgan fingerprint density at radius 2 is 2.00 bits per heavy atom. The first-order chi connectivity index (χ1) is 10.2. The molecular formula is C17H20BrNO2. The molecule has 0 aliphatic heterocycles. The number of ether oxygens (including phenoxy) is 1. The van der Waals surface area contributed by atoms with Crippen molar-refractivity contribution in [2.45, 2.75) is 26.5 Å². The van der Waals surface area contributed by atoms with Gasteiger partial charge in [-0.2, -0.15) is 0 Å². The molecule has 0 heterocycles. The molecule has 112 valence electrons. The Balaban J connectivity index is 1.94. The van der Waals surface area contributed by atoms with Gasteiger partial charge in [0.25, 0.3) is 0 Å². The number of aromatic hydroxyl groups is 1. The largest absolute Gasteiger partial charge is 0.508 e. The number of phenols is 1. The third kappa shape index (κ3) is 5.06. The highest BCUT2D eigenvalue weighted by molar-refractivity contribution is 9.10. The summed E-state index contributed by atoms with van der Waals surface area (Å²) >= 11 is 3.54. The highest BCUT2D eigenvalue weighted by atomic mass is 79.9. The zero-order chi connectivity index (χ0) is 15.1. The summed E-state index contributed by atoms with van der Waals surface area (Å²) in [6.45, 7) is 4.47. The third-order valence-corrected chi connectivity index (χ3v) is 3.68. The molecule has 21 heavy (non-hydrogen) atoms. The van der Waals surface area contributed by atoms with Gasteiger partial charge in [-0.15, -0.1) is 0 Å². The molecule has 0 unspecified atom stereocenters. The van der Waals surface area contributed by atoms with Crippen molar-refractivity contribution < 1.29 is 9.84 Å². The van der Waals surface area contributed by atoms with Gasteiger partial charge in [0.05, 0.1) is 4.47 Å². The quantitative estimate of drug-likeness (QED) is 0.734. The first kappa shape index (κ1) is 15.9. The molecule has 2 rings (SSSR count). The molecule has 0 spiro atoms. The van der Waals surface area contributed by atoms with E-state index in [0.717, 1.165) is 35.3 Å². The second-order valence-corrected chi connectivity index (χ2v) is 5.75. The summed E-state index contributed by atoms with van der Waals surface area (Å²) < 4.78 is 6.72. The lowest BCUT2D eigenvalue weighted by atomic mass is 10.2. The highest BCUT2D eigenvalue weighted by Crippen LogP contribution is 2.27. The maximum absolute atomic E-state index is 9.43. The highest BCUT2D eigenvalue weighted by Gasteiger charge is 2.04. The van der Waals surface area contributed by atoms with Crippen molar-refractivity contribution in [2.75, 3.05) is 6.54 Å². The van der Waals surface area contributed by atoms with Crippen molar-refractivity contribution in [3.8, 4) is 11.5 Å². The normalized spacial score (nSPS) is 10.6. The fourth-order valence-corrected chi connectivity index (χ4v) is 2.53. The standard InChI is InChI=1S/C17H20BrNO2/c1-2-8-19-11-13-6-7-17(16(18)10-13)21-12-14-4-3-5-15(20)9-14/h3-7,9-10,19-20H,2,8,11-12H2,1H3. The average molecular weight is 350 g/mol. The first-order valence-corrected chi connectivity index (χ1v) is 7.88. The molecule has 0 saturated heterocycles. The van der Waals surface area contributed by atoms with Gasteiger partial charge < -0.3 is 15.2 Å². The van der Waals surface area contributed by atoms with E-state index in [9.17, 15) is 5.11 Å². The second kappa shape index (κ2) is 8.05. The van der Waals surface area contributed by atoms with Crippen molar-refractivity contribution in [1.82, 2.24) is 5.32 Å². The second-order valence-electron chi connectivity index (χ2n) is 4.90. The molecule has 0 aromatic heterocycles. The Labute approximate surface area is 134 Å². The van der Waals surface area contributed by atoms with Crippen molar-refractivity contribution in [2.24, 2.45) is 0 Å². The molecule has 2 aromatic rings. The van der Waals surface area contributed by atoms with E-state index in [-0.39, 0.29) is 5.75 Å². The lowest BCUT2D eigenvalue weighted by Gasteiger charge is -2.10. The molecule has 0 bridgehead atoms. The Morgan fingerprint density at radius 1 is 1.14 bits per heavy atom. The van der Waals surface area contributed by atoms with Gasteiger partial charge in [0.1, 0.15) is 18.1 Å². The molecule has 0 aliphatic carbocycles. The third-order valence-electron chi connectivity index (χ3n) is 3.06. The average Bonchev–Trinajstić information content (AvgIpc) is 2.47. The summed E-state index contributed by atoms with van der Waals surface area (Å²) in [5.41, 5.74) is 2.16. The molecule has 0 atom stereocenters. The van der Waals surface area contributed by atoms with Crippen molar-refractivity contribution in [1.29, 1.82) is 0 Å². The number of benzene rings is 2. The van der Waals surface area contributed by atoms with Gasteiger partial charge in [-0.25, -0.2) is 0 Å². The maximum Gasteiger partial charge on any atom is 0.134 e. The molecular weight excluding hydrogens is 330 g/mol. The minimum Gasteiger partial charge on any atom is -0.508 e. The van der Waals surface area contributed by atoms with Gasteiger partial charge in [-0.3, -0.25) is 0 Å². The van der Waals surface area contributed by atoms with E-state index in [2.05, 4.69) is 40.3 Å². The smallest absolute Gasteiger partial charge is 0.134 e. The van der Waals surface area contributed by atoms with E-state index < -0.39 is 0 Å². The van der Waals surface area contributed by atoms with Crippen molar-refractivity contribution >= 4 is 15.9 Å². The SMILES string of the molecule is CCCNCc1ccc(OCc2cccc(O)c2)c(Br)c1. The monoisotopic (exact) mass is 349 g/mol.